The van der Waals surface area contributed by atoms with Crippen LogP contribution in [0.2, 0.25) is 0 Å². The van der Waals surface area contributed by atoms with Gasteiger partial charge in [-0.15, -0.1) is 0 Å². The number of rotatable bonds is 5. The molecule has 2 aliphatic carbocycles. The smallest absolute Gasteiger partial charge is 0.315 e. The molecular weight excluding hydrogens is 272 g/mol. The van der Waals surface area contributed by atoms with E-state index < -0.39 is 11.4 Å². The third-order valence-electron chi connectivity index (χ3n) is 4.90. The van der Waals surface area contributed by atoms with Crippen LogP contribution in [0, 0.1) is 5.41 Å². The second kappa shape index (κ2) is 7.11. The molecule has 2 atom stereocenters. The Morgan fingerprint density at radius 3 is 2.52 bits per heavy atom. The summed E-state index contributed by atoms with van der Waals surface area (Å²) < 4.78 is 5.28. The zero-order chi connectivity index (χ0) is 15.3. The van der Waals surface area contributed by atoms with Crippen LogP contribution in [0.3, 0.4) is 0 Å². The lowest BCUT2D eigenvalue weighted by Gasteiger charge is -2.33. The Balaban J connectivity index is 1.78. The van der Waals surface area contributed by atoms with Crippen molar-refractivity contribution in [3.05, 3.63) is 0 Å². The van der Waals surface area contributed by atoms with Crippen LogP contribution in [0.25, 0.3) is 0 Å². The highest BCUT2D eigenvalue weighted by molar-refractivity contribution is 5.78. The molecule has 2 unspecified atom stereocenters. The molecule has 0 saturated heterocycles. The lowest BCUT2D eigenvalue weighted by atomic mass is 9.74. The van der Waals surface area contributed by atoms with Crippen LogP contribution in [0.4, 0.5) is 4.79 Å². The zero-order valence-corrected chi connectivity index (χ0v) is 12.7. The molecule has 6 heteroatoms. The molecule has 2 rings (SSSR count). The third-order valence-corrected chi connectivity index (χ3v) is 4.90. The molecule has 2 amide bonds. The number of hydrogen-bond acceptors (Lipinski definition) is 3. The van der Waals surface area contributed by atoms with Crippen molar-refractivity contribution in [2.75, 3.05) is 13.7 Å². The minimum Gasteiger partial charge on any atom is -0.481 e. The van der Waals surface area contributed by atoms with Crippen molar-refractivity contribution < 1.29 is 19.4 Å². The van der Waals surface area contributed by atoms with E-state index in [1.165, 1.54) is 0 Å². The molecule has 0 spiro atoms. The van der Waals surface area contributed by atoms with Crippen LogP contribution < -0.4 is 10.6 Å². The molecule has 0 heterocycles. The Hall–Kier alpha value is -1.30. The number of carboxylic acids is 1. The maximum atomic E-state index is 11.9. The van der Waals surface area contributed by atoms with Gasteiger partial charge in [0.2, 0.25) is 0 Å². The van der Waals surface area contributed by atoms with Gasteiger partial charge >= 0.3 is 12.0 Å². The van der Waals surface area contributed by atoms with Gasteiger partial charge in [0.1, 0.15) is 0 Å². The topological polar surface area (TPSA) is 87.7 Å². The van der Waals surface area contributed by atoms with E-state index in [9.17, 15) is 14.7 Å². The molecule has 0 aromatic heterocycles. The highest BCUT2D eigenvalue weighted by Gasteiger charge is 2.40. The fourth-order valence-electron chi connectivity index (χ4n) is 3.47. The molecule has 0 aromatic rings. The largest absolute Gasteiger partial charge is 0.481 e. The van der Waals surface area contributed by atoms with Crippen LogP contribution in [-0.4, -0.2) is 42.9 Å². The Morgan fingerprint density at radius 2 is 1.95 bits per heavy atom. The fourth-order valence-corrected chi connectivity index (χ4v) is 3.47. The number of aliphatic carboxylic acids is 1. The summed E-state index contributed by atoms with van der Waals surface area (Å²) in [7, 11) is 1.69. The summed E-state index contributed by atoms with van der Waals surface area (Å²) in [5.41, 5.74) is -0.777. The number of carbonyl (C=O) groups excluding carboxylic acids is 1. The van der Waals surface area contributed by atoms with E-state index in [1.54, 1.807) is 7.11 Å². The molecule has 0 aromatic carbocycles. The molecule has 2 aliphatic rings. The standard InChI is InChI=1S/C15H26N2O4/c1-21-12-6-5-11(9-12)17-14(20)16-10-15(13(18)19)7-3-2-4-8-15/h11-12H,2-10H2,1H3,(H,18,19)(H2,16,17,20). The Bertz CT molecular complexity index is 380. The first-order valence-corrected chi connectivity index (χ1v) is 7.86. The second-order valence-electron chi connectivity index (χ2n) is 6.34. The summed E-state index contributed by atoms with van der Waals surface area (Å²) in [6, 6.07) is -0.134. The summed E-state index contributed by atoms with van der Waals surface area (Å²) in [5.74, 6) is -0.789. The molecule has 0 bridgehead atoms. The number of amides is 2. The van der Waals surface area contributed by atoms with E-state index in [1.807, 2.05) is 0 Å². The molecule has 6 nitrogen and oxygen atoms in total. The van der Waals surface area contributed by atoms with Gasteiger partial charge in [-0.1, -0.05) is 19.3 Å². The van der Waals surface area contributed by atoms with Gasteiger partial charge in [-0.25, -0.2) is 4.79 Å². The normalized spacial score (nSPS) is 28.0. The minimum atomic E-state index is -0.789. The van der Waals surface area contributed by atoms with E-state index in [4.69, 9.17) is 4.74 Å². The average Bonchev–Trinajstić information content (AvgIpc) is 2.93. The van der Waals surface area contributed by atoms with E-state index >= 15 is 0 Å². The minimum absolute atomic E-state index is 0.127. The summed E-state index contributed by atoms with van der Waals surface area (Å²) >= 11 is 0. The van der Waals surface area contributed by atoms with Gasteiger partial charge in [0, 0.05) is 19.7 Å². The maximum absolute atomic E-state index is 11.9. The lowest BCUT2D eigenvalue weighted by Crippen LogP contribution is -2.49. The van der Waals surface area contributed by atoms with Gasteiger partial charge in [0.15, 0.2) is 0 Å². The predicted octanol–water partition coefficient (Wildman–Crippen LogP) is 1.89. The van der Waals surface area contributed by atoms with Crippen molar-refractivity contribution in [1.29, 1.82) is 0 Å². The number of ether oxygens (including phenoxy) is 1. The number of nitrogens with one attached hydrogen (secondary N) is 2. The van der Waals surface area contributed by atoms with E-state index in [0.717, 1.165) is 38.5 Å². The number of urea groups is 1. The van der Waals surface area contributed by atoms with Gasteiger partial charge in [0.05, 0.1) is 11.5 Å². The van der Waals surface area contributed by atoms with E-state index in [-0.39, 0.29) is 24.7 Å². The van der Waals surface area contributed by atoms with Crippen LogP contribution in [-0.2, 0) is 9.53 Å². The van der Waals surface area contributed by atoms with Gasteiger partial charge in [0.25, 0.3) is 0 Å². The third kappa shape index (κ3) is 4.09. The SMILES string of the molecule is COC1CCC(NC(=O)NCC2(C(=O)O)CCCCC2)C1. The molecule has 3 N–H and O–H groups in total. The second-order valence-corrected chi connectivity index (χ2v) is 6.34. The van der Waals surface area contributed by atoms with Gasteiger partial charge in [-0.2, -0.15) is 0 Å². The Morgan fingerprint density at radius 1 is 1.24 bits per heavy atom. The number of methoxy groups -OCH3 is 1. The summed E-state index contributed by atoms with van der Waals surface area (Å²) in [4.78, 5) is 23.5. The molecular formula is C15H26N2O4. The first-order valence-electron chi connectivity index (χ1n) is 7.86. The van der Waals surface area contributed by atoms with Crippen molar-refractivity contribution >= 4 is 12.0 Å². The Kier molecular flexibility index (Phi) is 5.45. The van der Waals surface area contributed by atoms with Crippen LogP contribution in [0.5, 0.6) is 0 Å². The molecule has 21 heavy (non-hydrogen) atoms. The highest BCUT2D eigenvalue weighted by Crippen LogP contribution is 2.36. The van der Waals surface area contributed by atoms with Gasteiger partial charge in [-0.05, 0) is 32.1 Å². The monoisotopic (exact) mass is 298 g/mol. The van der Waals surface area contributed by atoms with Crippen molar-refractivity contribution in [3.8, 4) is 0 Å². The summed E-state index contributed by atoms with van der Waals surface area (Å²) in [5, 5.41) is 15.1. The molecule has 0 radical (unpaired) electrons. The van der Waals surface area contributed by atoms with Crippen molar-refractivity contribution in [2.24, 2.45) is 5.41 Å². The van der Waals surface area contributed by atoms with Crippen molar-refractivity contribution in [3.63, 3.8) is 0 Å². The number of hydrogen-bond donors (Lipinski definition) is 3. The average molecular weight is 298 g/mol. The number of carbonyl (C=O) groups is 2. The molecule has 120 valence electrons. The first kappa shape index (κ1) is 16.1. The zero-order valence-electron chi connectivity index (χ0n) is 12.7. The van der Waals surface area contributed by atoms with Crippen LogP contribution in [0.15, 0.2) is 0 Å². The highest BCUT2D eigenvalue weighted by atomic mass is 16.5. The van der Waals surface area contributed by atoms with E-state index in [2.05, 4.69) is 10.6 Å². The predicted molar refractivity (Wildman–Crippen MR) is 78.1 cm³/mol. The summed E-state index contributed by atoms with van der Waals surface area (Å²) in [6.07, 6.45) is 7.16. The summed E-state index contributed by atoms with van der Waals surface area (Å²) in [6.45, 7) is 0.217. The van der Waals surface area contributed by atoms with Crippen molar-refractivity contribution in [1.82, 2.24) is 10.6 Å². The maximum Gasteiger partial charge on any atom is 0.315 e. The number of carboxylic acid groups (broad SMARTS) is 1. The van der Waals surface area contributed by atoms with Gasteiger partial charge in [-0.3, -0.25) is 4.79 Å². The first-order chi connectivity index (χ1) is 10.1. The molecule has 2 fully saturated rings. The van der Waals surface area contributed by atoms with Crippen LogP contribution in [0.1, 0.15) is 51.4 Å². The van der Waals surface area contributed by atoms with Crippen molar-refractivity contribution in [2.45, 2.75) is 63.5 Å². The Labute approximate surface area is 125 Å². The quantitative estimate of drug-likeness (QED) is 0.723. The lowest BCUT2D eigenvalue weighted by molar-refractivity contribution is -0.150. The molecule has 0 aliphatic heterocycles. The molecule has 2 saturated carbocycles. The fraction of sp³-hybridized carbons (Fsp3) is 0.867. The van der Waals surface area contributed by atoms with Crippen LogP contribution >= 0.6 is 0 Å². The van der Waals surface area contributed by atoms with Gasteiger partial charge < -0.3 is 20.5 Å². The van der Waals surface area contributed by atoms with E-state index in [0.29, 0.717) is 12.8 Å².